The summed E-state index contributed by atoms with van der Waals surface area (Å²) in [5.74, 6) is 1.68. The van der Waals surface area contributed by atoms with E-state index in [1.165, 1.54) is 60.8 Å². The molecule has 0 atom stereocenters. The number of hydrogen-bond acceptors (Lipinski definition) is 1. The Morgan fingerprint density at radius 2 is 1.55 bits per heavy atom. The highest BCUT2D eigenvalue weighted by atomic mass is 16.5. The molecule has 1 saturated carbocycles. The van der Waals surface area contributed by atoms with Gasteiger partial charge in [-0.3, -0.25) is 0 Å². The Hall–Kier alpha value is -2.12. The largest absolute Gasteiger partial charge is 0.376 e. The number of allylic oxidation sites excluding steroid dienone is 2. The third-order valence-electron chi connectivity index (χ3n) is 6.23. The van der Waals surface area contributed by atoms with Crippen LogP contribution in [-0.2, 0) is 11.3 Å². The summed E-state index contributed by atoms with van der Waals surface area (Å²) in [6.07, 6.45) is 15.4. The van der Waals surface area contributed by atoms with Crippen LogP contribution >= 0.6 is 0 Å². The van der Waals surface area contributed by atoms with E-state index in [0.717, 1.165) is 24.9 Å². The highest BCUT2D eigenvalue weighted by molar-refractivity contribution is 5.64. The van der Waals surface area contributed by atoms with Gasteiger partial charge in [-0.1, -0.05) is 66.8 Å². The Morgan fingerprint density at radius 3 is 2.17 bits per heavy atom. The normalized spacial score (nSPS) is 19.5. The minimum Gasteiger partial charge on any atom is -0.376 e. The first-order valence-corrected chi connectivity index (χ1v) is 11.3. The Balaban J connectivity index is 1.50. The van der Waals surface area contributed by atoms with E-state index in [9.17, 15) is 0 Å². The van der Waals surface area contributed by atoms with Crippen LogP contribution in [0.3, 0.4) is 0 Å². The summed E-state index contributed by atoms with van der Waals surface area (Å²) in [5.41, 5.74) is 5.32. The van der Waals surface area contributed by atoms with Crippen LogP contribution in [0.5, 0.6) is 0 Å². The van der Waals surface area contributed by atoms with Crippen molar-refractivity contribution in [2.24, 2.45) is 5.92 Å². The van der Waals surface area contributed by atoms with Crippen LogP contribution in [0.2, 0.25) is 0 Å². The van der Waals surface area contributed by atoms with E-state index >= 15 is 0 Å². The monoisotopic (exact) mass is 388 g/mol. The third kappa shape index (κ3) is 6.72. The van der Waals surface area contributed by atoms with Crippen molar-refractivity contribution in [2.75, 3.05) is 6.61 Å². The molecular weight excluding hydrogens is 352 g/mol. The predicted molar refractivity (Wildman–Crippen MR) is 125 cm³/mol. The molecule has 1 fully saturated rings. The van der Waals surface area contributed by atoms with Gasteiger partial charge in [-0.15, -0.1) is 6.58 Å². The van der Waals surface area contributed by atoms with Gasteiger partial charge in [0.25, 0.3) is 0 Å². The minimum atomic E-state index is 0.671. The summed E-state index contributed by atoms with van der Waals surface area (Å²) in [6.45, 7) is 7.25. The number of ether oxygens (including phenoxy) is 1. The average molecular weight is 389 g/mol. The highest BCUT2D eigenvalue weighted by Crippen LogP contribution is 2.38. The molecule has 0 unspecified atom stereocenters. The van der Waals surface area contributed by atoms with Gasteiger partial charge in [0.15, 0.2) is 0 Å². The zero-order valence-corrected chi connectivity index (χ0v) is 18.0. The molecule has 0 radical (unpaired) electrons. The first kappa shape index (κ1) is 21.6. The van der Waals surface area contributed by atoms with Gasteiger partial charge in [0.1, 0.15) is 0 Å². The first-order chi connectivity index (χ1) is 14.3. The molecule has 2 aromatic rings. The molecular formula is C28H36O. The van der Waals surface area contributed by atoms with Gasteiger partial charge >= 0.3 is 0 Å². The van der Waals surface area contributed by atoms with Crippen LogP contribution in [0, 0.1) is 5.92 Å². The van der Waals surface area contributed by atoms with Crippen LogP contribution < -0.4 is 0 Å². The second kappa shape index (κ2) is 11.8. The lowest BCUT2D eigenvalue weighted by Crippen LogP contribution is -2.13. The molecule has 0 bridgehead atoms. The van der Waals surface area contributed by atoms with E-state index in [0.29, 0.717) is 6.61 Å². The van der Waals surface area contributed by atoms with Crippen molar-refractivity contribution >= 4 is 0 Å². The van der Waals surface area contributed by atoms with Gasteiger partial charge in [0, 0.05) is 0 Å². The van der Waals surface area contributed by atoms with Gasteiger partial charge in [-0.25, -0.2) is 0 Å². The zero-order valence-electron chi connectivity index (χ0n) is 18.0. The fraction of sp³-hybridized carbons (Fsp3) is 0.429. The standard InChI is InChI=1S/C28H36O/c1-3-5-7-8-23-9-13-25(14-10-23)27-17-19-28(20-18-27)26-15-11-24(12-16-26)22-29-21-6-4-2/h3-5,11-12,15-20,23,25H,2,6-10,13-14,21-22H2,1H3. The summed E-state index contributed by atoms with van der Waals surface area (Å²) in [7, 11) is 0. The maximum Gasteiger partial charge on any atom is 0.0717 e. The van der Waals surface area contributed by atoms with Crippen LogP contribution in [0.1, 0.15) is 68.9 Å². The number of rotatable bonds is 10. The fourth-order valence-corrected chi connectivity index (χ4v) is 4.38. The molecule has 2 aromatic carbocycles. The van der Waals surface area contributed by atoms with Gasteiger partial charge in [-0.2, -0.15) is 0 Å². The molecule has 0 saturated heterocycles. The Morgan fingerprint density at radius 1 is 0.897 bits per heavy atom. The van der Waals surface area contributed by atoms with Crippen LogP contribution in [0.4, 0.5) is 0 Å². The van der Waals surface area contributed by atoms with Crippen LogP contribution in [0.15, 0.2) is 73.3 Å². The van der Waals surface area contributed by atoms with Crippen molar-refractivity contribution in [2.45, 2.75) is 64.4 Å². The molecule has 29 heavy (non-hydrogen) atoms. The average Bonchev–Trinajstić information content (AvgIpc) is 2.78. The molecule has 1 aliphatic carbocycles. The molecule has 0 aliphatic heterocycles. The highest BCUT2D eigenvalue weighted by Gasteiger charge is 2.21. The first-order valence-electron chi connectivity index (χ1n) is 11.3. The maximum atomic E-state index is 5.65. The lowest BCUT2D eigenvalue weighted by atomic mass is 9.77. The summed E-state index contributed by atoms with van der Waals surface area (Å²) < 4.78 is 5.65. The van der Waals surface area contributed by atoms with Crippen molar-refractivity contribution < 1.29 is 4.74 Å². The summed E-state index contributed by atoms with van der Waals surface area (Å²) >= 11 is 0. The second-order valence-corrected chi connectivity index (χ2v) is 8.31. The predicted octanol–water partition coefficient (Wildman–Crippen LogP) is 8.08. The quantitative estimate of drug-likeness (QED) is 0.295. The molecule has 1 heteroatoms. The molecule has 0 heterocycles. The van der Waals surface area contributed by atoms with Crippen molar-refractivity contribution in [3.8, 4) is 11.1 Å². The van der Waals surface area contributed by atoms with E-state index in [1.807, 2.05) is 6.08 Å². The Kier molecular flexibility index (Phi) is 8.77. The summed E-state index contributed by atoms with van der Waals surface area (Å²) in [5, 5.41) is 0. The molecule has 1 nitrogen and oxygen atoms in total. The topological polar surface area (TPSA) is 9.23 Å². The number of benzene rings is 2. The third-order valence-corrected chi connectivity index (χ3v) is 6.23. The van der Waals surface area contributed by atoms with Crippen molar-refractivity contribution in [1.82, 2.24) is 0 Å². The van der Waals surface area contributed by atoms with Crippen molar-refractivity contribution in [3.05, 3.63) is 84.5 Å². The minimum absolute atomic E-state index is 0.671. The molecule has 0 aromatic heterocycles. The zero-order chi connectivity index (χ0) is 20.3. The smallest absolute Gasteiger partial charge is 0.0717 e. The van der Waals surface area contributed by atoms with Gasteiger partial charge < -0.3 is 4.74 Å². The fourth-order valence-electron chi connectivity index (χ4n) is 4.38. The molecule has 0 N–H and O–H groups in total. The van der Waals surface area contributed by atoms with E-state index in [1.54, 1.807) is 0 Å². The van der Waals surface area contributed by atoms with E-state index in [-0.39, 0.29) is 0 Å². The summed E-state index contributed by atoms with van der Waals surface area (Å²) in [4.78, 5) is 0. The molecule has 3 rings (SSSR count). The summed E-state index contributed by atoms with van der Waals surface area (Å²) in [6, 6.07) is 18.1. The molecule has 1 aliphatic rings. The van der Waals surface area contributed by atoms with Gasteiger partial charge in [0.2, 0.25) is 0 Å². The van der Waals surface area contributed by atoms with Crippen LogP contribution in [-0.4, -0.2) is 6.61 Å². The maximum absolute atomic E-state index is 5.65. The Bertz CT molecular complexity index is 746. The molecule has 154 valence electrons. The van der Waals surface area contributed by atoms with E-state index in [4.69, 9.17) is 4.74 Å². The van der Waals surface area contributed by atoms with Crippen LogP contribution in [0.25, 0.3) is 11.1 Å². The van der Waals surface area contributed by atoms with Gasteiger partial charge in [0.05, 0.1) is 13.2 Å². The van der Waals surface area contributed by atoms with Crippen molar-refractivity contribution in [1.29, 1.82) is 0 Å². The molecule has 0 spiro atoms. The lowest BCUT2D eigenvalue weighted by molar-refractivity contribution is 0.125. The van der Waals surface area contributed by atoms with Gasteiger partial charge in [-0.05, 0) is 86.0 Å². The Labute approximate surface area is 177 Å². The number of hydrogen-bond donors (Lipinski definition) is 0. The van der Waals surface area contributed by atoms with Crippen molar-refractivity contribution in [3.63, 3.8) is 0 Å². The SMILES string of the molecule is C=CCCOCc1ccc(-c2ccc(C3CCC(CCC=CC)CC3)cc2)cc1. The second-order valence-electron chi connectivity index (χ2n) is 8.31. The van der Waals surface area contributed by atoms with E-state index < -0.39 is 0 Å². The van der Waals surface area contributed by atoms with E-state index in [2.05, 4.69) is 74.2 Å². The molecule has 0 amide bonds. The lowest BCUT2D eigenvalue weighted by Gasteiger charge is -2.28.